The zero-order valence-electron chi connectivity index (χ0n) is 11.8. The lowest BCUT2D eigenvalue weighted by atomic mass is 10.1. The van der Waals surface area contributed by atoms with Crippen LogP contribution >= 0.6 is 23.2 Å². The summed E-state index contributed by atoms with van der Waals surface area (Å²) in [6.07, 6.45) is 3.67. The van der Waals surface area contributed by atoms with Crippen molar-refractivity contribution in [3.63, 3.8) is 0 Å². The number of halogens is 2. The minimum absolute atomic E-state index is 0.539. The van der Waals surface area contributed by atoms with Crippen LogP contribution in [-0.2, 0) is 0 Å². The molecule has 3 rings (SSSR count). The summed E-state index contributed by atoms with van der Waals surface area (Å²) in [7, 11) is 2.13. The van der Waals surface area contributed by atoms with Crippen molar-refractivity contribution in [3.8, 4) is 11.1 Å². The van der Waals surface area contributed by atoms with Gasteiger partial charge >= 0.3 is 0 Å². The summed E-state index contributed by atoms with van der Waals surface area (Å²) in [6, 6.07) is 5.54. The molecule has 21 heavy (non-hydrogen) atoms. The molecular weight excluding hydrogens is 307 g/mol. The van der Waals surface area contributed by atoms with Crippen molar-refractivity contribution in [1.82, 2.24) is 14.9 Å². The predicted octanol–water partition coefficient (Wildman–Crippen LogP) is 3.20. The third-order valence-corrected chi connectivity index (χ3v) is 4.42. The SMILES string of the molecule is CN1CCN(c2ncc(-c3ccc(Cl)c(Cl)c3)cn2)CC1. The van der Waals surface area contributed by atoms with Gasteiger partial charge in [-0.3, -0.25) is 0 Å². The highest BCUT2D eigenvalue weighted by Crippen LogP contribution is 2.28. The summed E-state index contributed by atoms with van der Waals surface area (Å²) in [4.78, 5) is 13.5. The zero-order chi connectivity index (χ0) is 14.8. The second-order valence-corrected chi connectivity index (χ2v) is 6.01. The van der Waals surface area contributed by atoms with Gasteiger partial charge in [-0.2, -0.15) is 0 Å². The lowest BCUT2D eigenvalue weighted by molar-refractivity contribution is 0.311. The second-order valence-electron chi connectivity index (χ2n) is 5.19. The average molecular weight is 323 g/mol. The van der Waals surface area contributed by atoms with Crippen LogP contribution in [0.25, 0.3) is 11.1 Å². The lowest BCUT2D eigenvalue weighted by Crippen LogP contribution is -2.45. The standard InChI is InChI=1S/C15H16Cl2N4/c1-20-4-6-21(7-5-20)15-18-9-12(10-19-15)11-2-3-13(16)14(17)8-11/h2-3,8-10H,4-7H2,1H3. The smallest absolute Gasteiger partial charge is 0.225 e. The summed E-state index contributed by atoms with van der Waals surface area (Å²) in [6.45, 7) is 4.00. The third kappa shape index (κ3) is 3.28. The van der Waals surface area contributed by atoms with E-state index in [1.165, 1.54) is 0 Å². The van der Waals surface area contributed by atoms with E-state index in [0.29, 0.717) is 10.0 Å². The fourth-order valence-corrected chi connectivity index (χ4v) is 2.61. The Balaban J connectivity index is 1.79. The molecule has 1 aromatic carbocycles. The molecule has 2 aromatic rings. The number of nitrogens with zero attached hydrogens (tertiary/aromatic N) is 4. The van der Waals surface area contributed by atoms with Crippen LogP contribution in [0.4, 0.5) is 5.95 Å². The van der Waals surface area contributed by atoms with Gasteiger partial charge in [-0.25, -0.2) is 9.97 Å². The quantitative estimate of drug-likeness (QED) is 0.849. The van der Waals surface area contributed by atoms with Crippen LogP contribution in [0.3, 0.4) is 0 Å². The van der Waals surface area contributed by atoms with Crippen molar-refractivity contribution in [3.05, 3.63) is 40.6 Å². The minimum atomic E-state index is 0.539. The summed E-state index contributed by atoms with van der Waals surface area (Å²) in [5.41, 5.74) is 1.90. The van der Waals surface area contributed by atoms with Gasteiger partial charge in [0, 0.05) is 44.1 Å². The topological polar surface area (TPSA) is 32.3 Å². The van der Waals surface area contributed by atoms with Crippen LogP contribution in [0.1, 0.15) is 0 Å². The first-order chi connectivity index (χ1) is 10.1. The molecule has 1 saturated heterocycles. The first kappa shape index (κ1) is 14.6. The van der Waals surface area contributed by atoms with E-state index < -0.39 is 0 Å². The van der Waals surface area contributed by atoms with Crippen molar-refractivity contribution in [2.24, 2.45) is 0 Å². The Morgan fingerprint density at radius 3 is 2.19 bits per heavy atom. The maximum absolute atomic E-state index is 6.04. The predicted molar refractivity (Wildman–Crippen MR) is 87.2 cm³/mol. The van der Waals surface area contributed by atoms with Gasteiger partial charge in [0.05, 0.1) is 10.0 Å². The Bertz CT molecular complexity index is 622. The molecular formula is C15H16Cl2N4. The van der Waals surface area contributed by atoms with E-state index in [9.17, 15) is 0 Å². The van der Waals surface area contributed by atoms with Crippen molar-refractivity contribution >= 4 is 29.2 Å². The molecule has 6 heteroatoms. The largest absolute Gasteiger partial charge is 0.338 e. The highest BCUT2D eigenvalue weighted by Gasteiger charge is 2.16. The maximum atomic E-state index is 6.04. The molecule has 0 bridgehead atoms. The number of benzene rings is 1. The Kier molecular flexibility index (Phi) is 4.29. The molecule has 1 aromatic heterocycles. The highest BCUT2D eigenvalue weighted by molar-refractivity contribution is 6.42. The molecule has 0 spiro atoms. The van der Waals surface area contributed by atoms with Gasteiger partial charge in [0.2, 0.25) is 5.95 Å². The molecule has 0 radical (unpaired) electrons. The van der Waals surface area contributed by atoms with Crippen LogP contribution in [-0.4, -0.2) is 48.1 Å². The second kappa shape index (κ2) is 6.18. The molecule has 1 fully saturated rings. The zero-order valence-corrected chi connectivity index (χ0v) is 13.3. The van der Waals surface area contributed by atoms with Gasteiger partial charge in [0.1, 0.15) is 0 Å². The number of aromatic nitrogens is 2. The van der Waals surface area contributed by atoms with Gasteiger partial charge in [0.15, 0.2) is 0 Å². The van der Waals surface area contributed by atoms with E-state index in [1.54, 1.807) is 6.07 Å². The van der Waals surface area contributed by atoms with E-state index in [1.807, 2.05) is 24.5 Å². The Morgan fingerprint density at radius 1 is 0.905 bits per heavy atom. The van der Waals surface area contributed by atoms with Crippen LogP contribution in [0, 0.1) is 0 Å². The number of anilines is 1. The highest BCUT2D eigenvalue weighted by atomic mass is 35.5. The molecule has 4 nitrogen and oxygen atoms in total. The van der Waals surface area contributed by atoms with E-state index in [2.05, 4.69) is 26.8 Å². The summed E-state index contributed by atoms with van der Waals surface area (Å²) < 4.78 is 0. The normalized spacial score (nSPS) is 16.2. The van der Waals surface area contributed by atoms with Crippen molar-refractivity contribution < 1.29 is 0 Å². The van der Waals surface area contributed by atoms with Crippen molar-refractivity contribution in [1.29, 1.82) is 0 Å². The van der Waals surface area contributed by atoms with E-state index >= 15 is 0 Å². The van der Waals surface area contributed by atoms with E-state index in [4.69, 9.17) is 23.2 Å². The minimum Gasteiger partial charge on any atom is -0.338 e. The van der Waals surface area contributed by atoms with Gasteiger partial charge in [-0.15, -0.1) is 0 Å². The molecule has 2 heterocycles. The first-order valence-electron chi connectivity index (χ1n) is 6.84. The maximum Gasteiger partial charge on any atom is 0.225 e. The van der Waals surface area contributed by atoms with Crippen LogP contribution < -0.4 is 4.90 Å². The molecule has 0 aliphatic carbocycles. The average Bonchev–Trinajstić information content (AvgIpc) is 2.51. The molecule has 0 saturated carbocycles. The molecule has 0 atom stereocenters. The lowest BCUT2D eigenvalue weighted by Gasteiger charge is -2.32. The number of piperazine rings is 1. The molecule has 1 aliphatic rings. The van der Waals surface area contributed by atoms with Crippen molar-refractivity contribution in [2.75, 3.05) is 38.1 Å². The van der Waals surface area contributed by atoms with Gasteiger partial charge in [-0.05, 0) is 24.7 Å². The third-order valence-electron chi connectivity index (χ3n) is 3.68. The first-order valence-corrected chi connectivity index (χ1v) is 7.60. The summed E-state index contributed by atoms with van der Waals surface area (Å²) in [5.74, 6) is 0.784. The molecule has 0 amide bonds. The van der Waals surface area contributed by atoms with Crippen LogP contribution in [0.5, 0.6) is 0 Å². The number of rotatable bonds is 2. The molecule has 110 valence electrons. The Morgan fingerprint density at radius 2 is 1.57 bits per heavy atom. The van der Waals surface area contributed by atoms with Gasteiger partial charge < -0.3 is 9.80 Å². The van der Waals surface area contributed by atoms with Gasteiger partial charge in [0.25, 0.3) is 0 Å². The monoisotopic (exact) mass is 322 g/mol. The van der Waals surface area contributed by atoms with Crippen LogP contribution in [0.15, 0.2) is 30.6 Å². The number of hydrogen-bond acceptors (Lipinski definition) is 4. The molecule has 0 unspecified atom stereocenters. The Labute approximate surface area is 134 Å². The van der Waals surface area contributed by atoms with Crippen molar-refractivity contribution in [2.45, 2.75) is 0 Å². The number of hydrogen-bond donors (Lipinski definition) is 0. The van der Waals surface area contributed by atoms with E-state index in [-0.39, 0.29) is 0 Å². The fraction of sp³-hybridized carbons (Fsp3) is 0.333. The number of likely N-dealkylation sites (N-methyl/N-ethyl adjacent to an activating group) is 1. The summed E-state index contributed by atoms with van der Waals surface area (Å²) in [5, 5.41) is 1.09. The fourth-order valence-electron chi connectivity index (χ4n) is 2.32. The Hall–Kier alpha value is -1.36. The van der Waals surface area contributed by atoms with E-state index in [0.717, 1.165) is 43.3 Å². The van der Waals surface area contributed by atoms with Crippen LogP contribution in [0.2, 0.25) is 10.0 Å². The van der Waals surface area contributed by atoms with Gasteiger partial charge in [-0.1, -0.05) is 29.3 Å². The summed E-state index contributed by atoms with van der Waals surface area (Å²) >= 11 is 12.0. The molecule has 1 aliphatic heterocycles. The molecule has 0 N–H and O–H groups in total.